The van der Waals surface area contributed by atoms with Gasteiger partial charge < -0.3 is 4.57 Å². The maximum Gasteiger partial charge on any atom is 0.168 e. The first kappa shape index (κ1) is 9.49. The van der Waals surface area contributed by atoms with E-state index in [0.29, 0.717) is 11.6 Å². The number of nitrogens with zero attached hydrogens (tertiary/aromatic N) is 3. The summed E-state index contributed by atoms with van der Waals surface area (Å²) >= 11 is 1.77. The number of nitriles is 1. The Hall–Kier alpha value is -1.73. The van der Waals surface area contributed by atoms with E-state index in [-0.39, 0.29) is 0 Å². The van der Waals surface area contributed by atoms with Crippen LogP contribution in [0.1, 0.15) is 17.2 Å². The van der Waals surface area contributed by atoms with Crippen LogP contribution in [0, 0.1) is 11.3 Å². The van der Waals surface area contributed by atoms with E-state index in [2.05, 4.69) is 15.6 Å². The Morgan fingerprint density at radius 2 is 2.19 bits per heavy atom. The Balaban J connectivity index is 1.97. The van der Waals surface area contributed by atoms with Gasteiger partial charge in [0.2, 0.25) is 0 Å². The van der Waals surface area contributed by atoms with Gasteiger partial charge in [-0.3, -0.25) is 0 Å². The van der Waals surface area contributed by atoms with Crippen LogP contribution in [0.25, 0.3) is 0 Å². The Morgan fingerprint density at radius 3 is 2.94 bits per heavy atom. The molecule has 1 aliphatic heterocycles. The summed E-state index contributed by atoms with van der Waals surface area (Å²) < 4.78 is 2.19. The lowest BCUT2D eigenvalue weighted by Gasteiger charge is -2.11. The Morgan fingerprint density at radius 1 is 1.38 bits per heavy atom. The van der Waals surface area contributed by atoms with Crippen molar-refractivity contribution in [3.05, 3.63) is 47.8 Å². The zero-order valence-corrected chi connectivity index (χ0v) is 9.31. The summed E-state index contributed by atoms with van der Waals surface area (Å²) in [5, 5.41) is 9.83. The van der Waals surface area contributed by atoms with Crippen molar-refractivity contribution in [2.45, 2.75) is 11.2 Å². The third-order valence-electron chi connectivity index (χ3n) is 2.76. The summed E-state index contributed by atoms with van der Waals surface area (Å²) in [6, 6.07) is 10.3. The molecule has 2 aromatic rings. The maximum atomic E-state index is 8.75. The molecule has 3 rings (SSSR count). The van der Waals surface area contributed by atoms with Gasteiger partial charge in [0.05, 0.1) is 17.7 Å². The molecule has 0 saturated carbocycles. The fraction of sp³-hybridized carbons (Fsp3) is 0.167. The van der Waals surface area contributed by atoms with Crippen molar-refractivity contribution in [3.63, 3.8) is 0 Å². The molecule has 0 spiro atoms. The van der Waals surface area contributed by atoms with Crippen LogP contribution in [0.5, 0.6) is 0 Å². The van der Waals surface area contributed by atoms with Gasteiger partial charge in [-0.05, 0) is 17.7 Å². The van der Waals surface area contributed by atoms with Crippen LogP contribution in [-0.4, -0.2) is 15.3 Å². The minimum Gasteiger partial charge on any atom is -0.318 e. The minimum absolute atomic E-state index is 0.357. The highest BCUT2D eigenvalue weighted by Crippen LogP contribution is 2.35. The fourth-order valence-corrected chi connectivity index (χ4v) is 3.05. The highest BCUT2D eigenvalue weighted by Gasteiger charge is 2.24. The molecule has 0 amide bonds. The molecule has 0 bridgehead atoms. The second kappa shape index (κ2) is 3.69. The average Bonchev–Trinajstić information content (AvgIpc) is 2.91. The van der Waals surface area contributed by atoms with E-state index in [1.54, 1.807) is 11.8 Å². The lowest BCUT2D eigenvalue weighted by molar-refractivity contribution is 0.617. The largest absolute Gasteiger partial charge is 0.318 e. The van der Waals surface area contributed by atoms with Gasteiger partial charge in [0.15, 0.2) is 5.16 Å². The van der Waals surface area contributed by atoms with Crippen molar-refractivity contribution in [1.82, 2.24) is 9.55 Å². The van der Waals surface area contributed by atoms with E-state index in [1.807, 2.05) is 36.7 Å². The zero-order valence-electron chi connectivity index (χ0n) is 8.50. The van der Waals surface area contributed by atoms with Crippen LogP contribution in [-0.2, 0) is 0 Å². The van der Waals surface area contributed by atoms with Crippen LogP contribution in [0.3, 0.4) is 0 Å². The quantitative estimate of drug-likeness (QED) is 0.751. The smallest absolute Gasteiger partial charge is 0.168 e. The number of fused-ring (bicyclic) bond motifs is 1. The fourth-order valence-electron chi connectivity index (χ4n) is 1.92. The molecule has 16 heavy (non-hydrogen) atoms. The van der Waals surface area contributed by atoms with Gasteiger partial charge in [0.25, 0.3) is 0 Å². The van der Waals surface area contributed by atoms with Crippen molar-refractivity contribution < 1.29 is 0 Å². The lowest BCUT2D eigenvalue weighted by atomic mass is 10.1. The number of thioether (sulfide) groups is 1. The van der Waals surface area contributed by atoms with Gasteiger partial charge in [-0.15, -0.1) is 0 Å². The van der Waals surface area contributed by atoms with E-state index in [0.717, 1.165) is 10.9 Å². The third-order valence-corrected chi connectivity index (χ3v) is 3.82. The van der Waals surface area contributed by atoms with Crippen molar-refractivity contribution in [1.29, 1.82) is 5.26 Å². The van der Waals surface area contributed by atoms with Gasteiger partial charge in [-0.25, -0.2) is 4.98 Å². The molecule has 1 aromatic carbocycles. The normalized spacial score (nSPS) is 18.1. The van der Waals surface area contributed by atoms with Crippen molar-refractivity contribution >= 4 is 11.8 Å². The van der Waals surface area contributed by atoms with E-state index < -0.39 is 0 Å². The highest BCUT2D eigenvalue weighted by atomic mass is 32.2. The van der Waals surface area contributed by atoms with Gasteiger partial charge in [-0.2, -0.15) is 5.26 Å². The molecule has 1 atom stereocenters. The first-order valence-corrected chi connectivity index (χ1v) is 6.03. The molecule has 0 radical (unpaired) electrons. The van der Waals surface area contributed by atoms with Crippen LogP contribution in [0.2, 0.25) is 0 Å². The number of benzene rings is 1. The molecule has 0 aliphatic carbocycles. The molecule has 0 fully saturated rings. The summed E-state index contributed by atoms with van der Waals surface area (Å²) in [4.78, 5) is 4.28. The second-order valence-corrected chi connectivity index (χ2v) is 4.66. The molecule has 1 unspecified atom stereocenters. The standard InChI is InChI=1S/C12H9N3S/c13-7-9-1-3-10(4-2-9)11-8-16-12-14-5-6-15(11)12/h1-6,11H,8H2. The second-order valence-electron chi connectivity index (χ2n) is 3.68. The number of hydrogen-bond acceptors (Lipinski definition) is 3. The van der Waals surface area contributed by atoms with E-state index in [4.69, 9.17) is 5.26 Å². The van der Waals surface area contributed by atoms with Crippen molar-refractivity contribution in [3.8, 4) is 6.07 Å². The Bertz CT molecular complexity index is 550. The van der Waals surface area contributed by atoms with Crippen LogP contribution >= 0.6 is 11.8 Å². The van der Waals surface area contributed by atoms with Crippen LogP contribution in [0.4, 0.5) is 0 Å². The average molecular weight is 227 g/mol. The summed E-state index contributed by atoms with van der Waals surface area (Å²) in [7, 11) is 0. The van der Waals surface area contributed by atoms with Gasteiger partial charge >= 0.3 is 0 Å². The number of hydrogen-bond donors (Lipinski definition) is 0. The number of rotatable bonds is 1. The first-order valence-electron chi connectivity index (χ1n) is 5.04. The summed E-state index contributed by atoms with van der Waals surface area (Å²) in [6.45, 7) is 0. The molecule has 1 aromatic heterocycles. The maximum absolute atomic E-state index is 8.75. The molecule has 3 nitrogen and oxygen atoms in total. The molecule has 78 valence electrons. The molecular formula is C12H9N3S. The molecular weight excluding hydrogens is 218 g/mol. The van der Waals surface area contributed by atoms with Gasteiger partial charge in [0, 0.05) is 18.1 Å². The molecule has 2 heterocycles. The van der Waals surface area contributed by atoms with Crippen LogP contribution < -0.4 is 0 Å². The summed E-state index contributed by atoms with van der Waals surface area (Å²) in [6.07, 6.45) is 3.84. The van der Waals surface area contributed by atoms with E-state index >= 15 is 0 Å². The number of aromatic nitrogens is 2. The molecule has 0 N–H and O–H groups in total. The predicted molar refractivity (Wildman–Crippen MR) is 62.2 cm³/mol. The zero-order chi connectivity index (χ0) is 11.0. The van der Waals surface area contributed by atoms with E-state index in [1.165, 1.54) is 5.56 Å². The summed E-state index contributed by atoms with van der Waals surface area (Å²) in [5.74, 6) is 1.02. The summed E-state index contributed by atoms with van der Waals surface area (Å²) in [5.41, 5.74) is 1.95. The van der Waals surface area contributed by atoms with Crippen LogP contribution in [0.15, 0.2) is 41.8 Å². The number of imidazole rings is 1. The Labute approximate surface area is 97.7 Å². The SMILES string of the molecule is N#Cc1ccc(C2CSc3nccn32)cc1. The van der Waals surface area contributed by atoms with Crippen molar-refractivity contribution in [2.24, 2.45) is 0 Å². The molecule has 1 aliphatic rings. The Kier molecular flexibility index (Phi) is 2.19. The topological polar surface area (TPSA) is 41.6 Å². The van der Waals surface area contributed by atoms with E-state index in [9.17, 15) is 0 Å². The first-order chi connectivity index (χ1) is 7.88. The van der Waals surface area contributed by atoms with Crippen molar-refractivity contribution in [2.75, 3.05) is 5.75 Å². The lowest BCUT2D eigenvalue weighted by Crippen LogP contribution is -2.06. The van der Waals surface area contributed by atoms with Gasteiger partial charge in [0.1, 0.15) is 0 Å². The third kappa shape index (κ3) is 1.41. The van der Waals surface area contributed by atoms with Gasteiger partial charge in [-0.1, -0.05) is 23.9 Å². The highest BCUT2D eigenvalue weighted by molar-refractivity contribution is 7.99. The molecule has 0 saturated heterocycles. The molecule has 4 heteroatoms. The predicted octanol–water partition coefficient (Wildman–Crippen LogP) is 2.45. The minimum atomic E-state index is 0.357. The monoisotopic (exact) mass is 227 g/mol.